The van der Waals surface area contributed by atoms with Gasteiger partial charge in [0.15, 0.2) is 16.3 Å². The highest BCUT2D eigenvalue weighted by Crippen LogP contribution is 2.32. The Morgan fingerprint density at radius 1 is 1.39 bits per heavy atom. The largest absolute Gasteiger partial charge is 0.493 e. The van der Waals surface area contributed by atoms with Crippen molar-refractivity contribution in [3.8, 4) is 11.5 Å². The zero-order chi connectivity index (χ0) is 13.3. The lowest BCUT2D eigenvalue weighted by Gasteiger charge is -2.08. The lowest BCUT2D eigenvalue weighted by atomic mass is 10.2. The maximum Gasteiger partial charge on any atom is 0.178 e. The number of allylic oxidation sites excluding steroid dienone is 1. The highest BCUT2D eigenvalue weighted by molar-refractivity contribution is 7.71. The van der Waals surface area contributed by atoms with Gasteiger partial charge in [0.05, 0.1) is 31.8 Å². The molecule has 0 amide bonds. The van der Waals surface area contributed by atoms with Crippen molar-refractivity contribution in [2.75, 3.05) is 14.2 Å². The van der Waals surface area contributed by atoms with Crippen molar-refractivity contribution >= 4 is 34.9 Å². The van der Waals surface area contributed by atoms with Gasteiger partial charge in [-0.3, -0.25) is 0 Å². The number of hydrogen-bond acceptors (Lipinski definition) is 3. The smallest absolute Gasteiger partial charge is 0.178 e. The standard InChI is InChI=1S/C12H13ClN2O2S/c1-7(13)6-15-9-5-11(17-3)10(16-2)4-8(9)14-12(15)18/h4-5H,1,6H2,2-3H3,(H,14,18). The number of benzene rings is 1. The number of fused-ring (bicyclic) bond motifs is 1. The number of nitrogens with zero attached hydrogens (tertiary/aromatic N) is 1. The fourth-order valence-corrected chi connectivity index (χ4v) is 2.20. The fraction of sp³-hybridized carbons (Fsp3) is 0.250. The Morgan fingerprint density at radius 3 is 2.56 bits per heavy atom. The van der Waals surface area contributed by atoms with E-state index in [9.17, 15) is 0 Å². The first-order valence-corrected chi connectivity index (χ1v) is 6.03. The molecule has 18 heavy (non-hydrogen) atoms. The monoisotopic (exact) mass is 284 g/mol. The van der Waals surface area contributed by atoms with E-state index in [-0.39, 0.29) is 0 Å². The first kappa shape index (κ1) is 13.0. The minimum Gasteiger partial charge on any atom is -0.493 e. The van der Waals surface area contributed by atoms with Crippen LogP contribution in [0.3, 0.4) is 0 Å². The Labute approximate surface area is 115 Å². The molecule has 0 unspecified atom stereocenters. The van der Waals surface area contributed by atoms with Crippen molar-refractivity contribution in [3.05, 3.63) is 28.5 Å². The zero-order valence-electron chi connectivity index (χ0n) is 10.1. The zero-order valence-corrected chi connectivity index (χ0v) is 11.7. The number of imidazole rings is 1. The van der Waals surface area contributed by atoms with Crippen LogP contribution in [-0.2, 0) is 6.54 Å². The Bertz CT molecular complexity index is 660. The molecule has 0 atom stereocenters. The Hall–Kier alpha value is -1.46. The number of hydrogen-bond donors (Lipinski definition) is 1. The molecule has 0 spiro atoms. The van der Waals surface area contributed by atoms with E-state index in [0.717, 1.165) is 11.0 Å². The summed E-state index contributed by atoms with van der Waals surface area (Å²) in [5.74, 6) is 1.30. The molecule has 2 rings (SSSR count). The van der Waals surface area contributed by atoms with Crippen LogP contribution < -0.4 is 9.47 Å². The van der Waals surface area contributed by atoms with E-state index in [1.165, 1.54) is 0 Å². The van der Waals surface area contributed by atoms with Crippen molar-refractivity contribution in [3.63, 3.8) is 0 Å². The number of rotatable bonds is 4. The molecule has 0 saturated carbocycles. The topological polar surface area (TPSA) is 39.2 Å². The minimum absolute atomic E-state index is 0.454. The van der Waals surface area contributed by atoms with E-state index in [2.05, 4.69) is 11.6 Å². The maximum absolute atomic E-state index is 5.84. The van der Waals surface area contributed by atoms with Crippen LogP contribution in [0.5, 0.6) is 11.5 Å². The molecule has 4 nitrogen and oxygen atoms in total. The number of aromatic nitrogens is 2. The second-order valence-corrected chi connectivity index (χ2v) is 4.68. The summed E-state index contributed by atoms with van der Waals surface area (Å²) >= 11 is 11.1. The van der Waals surface area contributed by atoms with E-state index in [1.807, 2.05) is 16.7 Å². The molecule has 0 bridgehead atoms. The summed E-state index contributed by atoms with van der Waals surface area (Å²) in [7, 11) is 3.19. The molecule has 1 aromatic heterocycles. The van der Waals surface area contributed by atoms with Gasteiger partial charge in [-0.25, -0.2) is 0 Å². The third-order valence-electron chi connectivity index (χ3n) is 2.61. The molecular weight excluding hydrogens is 272 g/mol. The normalized spacial score (nSPS) is 10.6. The molecule has 96 valence electrons. The van der Waals surface area contributed by atoms with E-state index < -0.39 is 0 Å². The van der Waals surface area contributed by atoms with E-state index >= 15 is 0 Å². The number of halogens is 1. The lowest BCUT2D eigenvalue weighted by Crippen LogP contribution is -1.98. The summed E-state index contributed by atoms with van der Waals surface area (Å²) in [6, 6.07) is 3.71. The van der Waals surface area contributed by atoms with Gasteiger partial charge in [0.25, 0.3) is 0 Å². The van der Waals surface area contributed by atoms with Gasteiger partial charge in [0.1, 0.15) is 0 Å². The third kappa shape index (κ3) is 2.23. The minimum atomic E-state index is 0.454. The fourth-order valence-electron chi connectivity index (χ4n) is 1.81. The van der Waals surface area contributed by atoms with Crippen molar-refractivity contribution in [1.82, 2.24) is 9.55 Å². The predicted octanol–water partition coefficient (Wildman–Crippen LogP) is 3.47. The number of methoxy groups -OCH3 is 2. The van der Waals surface area contributed by atoms with Crippen LogP contribution in [0.2, 0.25) is 0 Å². The van der Waals surface area contributed by atoms with E-state index in [4.69, 9.17) is 33.3 Å². The Balaban J connectivity index is 2.70. The SMILES string of the molecule is C=C(Cl)Cn1c(=S)[nH]c2cc(OC)c(OC)cc21. The van der Waals surface area contributed by atoms with Gasteiger partial charge in [-0.2, -0.15) is 0 Å². The second-order valence-electron chi connectivity index (χ2n) is 3.76. The quantitative estimate of drug-likeness (QED) is 0.874. The highest BCUT2D eigenvalue weighted by atomic mass is 35.5. The van der Waals surface area contributed by atoms with Gasteiger partial charge in [-0.1, -0.05) is 18.2 Å². The average molecular weight is 285 g/mol. The van der Waals surface area contributed by atoms with Gasteiger partial charge >= 0.3 is 0 Å². The van der Waals surface area contributed by atoms with Gasteiger partial charge in [-0.05, 0) is 12.2 Å². The van der Waals surface area contributed by atoms with Crippen molar-refractivity contribution < 1.29 is 9.47 Å². The maximum atomic E-state index is 5.84. The summed E-state index contributed by atoms with van der Waals surface area (Å²) < 4.78 is 13.0. The van der Waals surface area contributed by atoms with Crippen LogP contribution in [0.25, 0.3) is 11.0 Å². The Morgan fingerprint density at radius 2 is 2.00 bits per heavy atom. The summed E-state index contributed by atoms with van der Waals surface area (Å²) in [5.41, 5.74) is 1.77. The third-order valence-corrected chi connectivity index (χ3v) is 3.05. The summed E-state index contributed by atoms with van der Waals surface area (Å²) in [4.78, 5) is 3.10. The summed E-state index contributed by atoms with van der Waals surface area (Å²) in [6.07, 6.45) is 0. The van der Waals surface area contributed by atoms with Crippen LogP contribution in [0, 0.1) is 4.77 Å². The number of aromatic amines is 1. The molecule has 1 aromatic carbocycles. The molecule has 0 radical (unpaired) electrons. The lowest BCUT2D eigenvalue weighted by molar-refractivity contribution is 0.355. The van der Waals surface area contributed by atoms with Crippen molar-refractivity contribution in [2.45, 2.75) is 6.54 Å². The molecule has 1 heterocycles. The average Bonchev–Trinajstić information content (AvgIpc) is 2.63. The summed E-state index contributed by atoms with van der Waals surface area (Å²) in [6.45, 7) is 4.14. The highest BCUT2D eigenvalue weighted by Gasteiger charge is 2.11. The van der Waals surface area contributed by atoms with Crippen molar-refractivity contribution in [1.29, 1.82) is 0 Å². The number of nitrogens with one attached hydrogen (secondary N) is 1. The predicted molar refractivity (Wildman–Crippen MR) is 75.2 cm³/mol. The van der Waals surface area contributed by atoms with Crippen LogP contribution in [0.15, 0.2) is 23.7 Å². The van der Waals surface area contributed by atoms with Crippen LogP contribution in [0.1, 0.15) is 0 Å². The van der Waals surface area contributed by atoms with Crippen LogP contribution in [0.4, 0.5) is 0 Å². The first-order valence-electron chi connectivity index (χ1n) is 5.24. The molecular formula is C12H13ClN2O2S. The van der Waals surface area contributed by atoms with Gasteiger partial charge in [0, 0.05) is 17.2 Å². The number of H-pyrrole nitrogens is 1. The molecule has 6 heteroatoms. The molecule has 1 N–H and O–H groups in total. The summed E-state index contributed by atoms with van der Waals surface area (Å²) in [5, 5.41) is 0.516. The van der Waals surface area contributed by atoms with E-state index in [0.29, 0.717) is 27.8 Å². The van der Waals surface area contributed by atoms with Gasteiger partial charge in [0.2, 0.25) is 0 Å². The van der Waals surface area contributed by atoms with Crippen LogP contribution >= 0.6 is 23.8 Å². The molecule has 0 aliphatic rings. The second kappa shape index (κ2) is 5.04. The molecule has 0 saturated heterocycles. The van der Waals surface area contributed by atoms with Gasteiger partial charge < -0.3 is 19.0 Å². The Kier molecular flexibility index (Phi) is 3.63. The van der Waals surface area contributed by atoms with Crippen molar-refractivity contribution in [2.24, 2.45) is 0 Å². The molecule has 0 fully saturated rings. The molecule has 0 aliphatic carbocycles. The van der Waals surface area contributed by atoms with E-state index in [1.54, 1.807) is 14.2 Å². The van der Waals surface area contributed by atoms with Crippen LogP contribution in [-0.4, -0.2) is 23.8 Å². The number of ether oxygens (including phenoxy) is 2. The molecule has 2 aromatic rings. The molecule has 0 aliphatic heterocycles. The van der Waals surface area contributed by atoms with Gasteiger partial charge in [-0.15, -0.1) is 0 Å². The first-order chi connectivity index (χ1) is 8.56.